The largest absolute Gasteiger partial charge is 0.352 e. The third-order valence-corrected chi connectivity index (χ3v) is 3.79. The zero-order chi connectivity index (χ0) is 13.0. The highest BCUT2D eigenvalue weighted by atomic mass is 16.2. The van der Waals surface area contributed by atoms with Gasteiger partial charge in [-0.25, -0.2) is 0 Å². The lowest BCUT2D eigenvalue weighted by Crippen LogP contribution is -2.52. The number of carbonyl (C=O) groups is 2. The van der Waals surface area contributed by atoms with E-state index in [1.165, 1.54) is 6.92 Å². The minimum Gasteiger partial charge on any atom is -0.352 e. The highest BCUT2D eigenvalue weighted by Crippen LogP contribution is 2.17. The van der Waals surface area contributed by atoms with Crippen LogP contribution in [0.5, 0.6) is 0 Å². The molecule has 0 spiro atoms. The lowest BCUT2D eigenvalue weighted by Gasteiger charge is -2.36. The highest BCUT2D eigenvalue weighted by molar-refractivity contribution is 5.79. The van der Waals surface area contributed by atoms with E-state index in [2.05, 4.69) is 10.6 Å². The van der Waals surface area contributed by atoms with Crippen LogP contribution in [-0.2, 0) is 9.59 Å². The second-order valence-corrected chi connectivity index (χ2v) is 5.37. The summed E-state index contributed by atoms with van der Waals surface area (Å²) in [5, 5.41) is 6.20. The van der Waals surface area contributed by atoms with E-state index < -0.39 is 0 Å². The van der Waals surface area contributed by atoms with Gasteiger partial charge in [-0.1, -0.05) is 0 Å². The third-order valence-electron chi connectivity index (χ3n) is 3.79. The molecule has 2 fully saturated rings. The van der Waals surface area contributed by atoms with E-state index in [9.17, 15) is 9.59 Å². The van der Waals surface area contributed by atoms with Crippen LogP contribution < -0.4 is 10.6 Å². The minimum atomic E-state index is -0.00590. The number of hydrogen-bond donors (Lipinski definition) is 2. The molecular formula is C13H23N3O2. The average Bonchev–Trinajstić information content (AvgIpc) is 2.38. The summed E-state index contributed by atoms with van der Waals surface area (Å²) in [6.45, 7) is 4.88. The van der Waals surface area contributed by atoms with Crippen molar-refractivity contribution in [3.05, 3.63) is 0 Å². The Morgan fingerprint density at radius 1 is 1.28 bits per heavy atom. The number of carbonyl (C=O) groups excluding carboxylic acids is 2. The van der Waals surface area contributed by atoms with Gasteiger partial charge < -0.3 is 15.5 Å². The molecule has 2 atom stereocenters. The van der Waals surface area contributed by atoms with Gasteiger partial charge in [0.05, 0.1) is 5.92 Å². The summed E-state index contributed by atoms with van der Waals surface area (Å²) in [6.07, 6.45) is 4.04. The standard InChI is InChI=1S/C13H23N3O2/c1-10(17)15-12-5-3-7-16(9-12)13(18)11-4-2-6-14-8-11/h11-12,14H,2-9H2,1H3,(H,15,17)/t11-,12-/m1/s1. The zero-order valence-electron chi connectivity index (χ0n) is 11.1. The number of rotatable bonds is 2. The quantitative estimate of drug-likeness (QED) is 0.734. The van der Waals surface area contributed by atoms with E-state index in [1.807, 2.05) is 4.90 Å². The lowest BCUT2D eigenvalue weighted by atomic mass is 9.96. The van der Waals surface area contributed by atoms with Gasteiger partial charge in [0.25, 0.3) is 0 Å². The van der Waals surface area contributed by atoms with Crippen molar-refractivity contribution in [2.75, 3.05) is 26.2 Å². The number of nitrogens with one attached hydrogen (secondary N) is 2. The van der Waals surface area contributed by atoms with Crippen LogP contribution in [0, 0.1) is 5.92 Å². The molecule has 2 N–H and O–H groups in total. The van der Waals surface area contributed by atoms with Gasteiger partial charge >= 0.3 is 0 Å². The van der Waals surface area contributed by atoms with Gasteiger partial charge in [0.15, 0.2) is 0 Å². The molecule has 2 rings (SSSR count). The maximum Gasteiger partial charge on any atom is 0.227 e. The molecule has 5 heteroatoms. The molecule has 2 amide bonds. The molecule has 2 aliphatic heterocycles. The van der Waals surface area contributed by atoms with E-state index >= 15 is 0 Å². The fraction of sp³-hybridized carbons (Fsp3) is 0.846. The van der Waals surface area contributed by atoms with Crippen LogP contribution >= 0.6 is 0 Å². The van der Waals surface area contributed by atoms with E-state index in [4.69, 9.17) is 0 Å². The Morgan fingerprint density at radius 2 is 2.11 bits per heavy atom. The van der Waals surface area contributed by atoms with Crippen molar-refractivity contribution in [3.8, 4) is 0 Å². The molecule has 0 aromatic heterocycles. The van der Waals surface area contributed by atoms with Crippen molar-refractivity contribution in [2.24, 2.45) is 5.92 Å². The molecule has 0 bridgehead atoms. The minimum absolute atomic E-state index is 0.00590. The summed E-state index contributed by atoms with van der Waals surface area (Å²) in [7, 11) is 0. The molecule has 5 nitrogen and oxygen atoms in total. The number of likely N-dealkylation sites (tertiary alicyclic amines) is 1. The number of piperidine rings is 2. The van der Waals surface area contributed by atoms with Gasteiger partial charge in [-0.15, -0.1) is 0 Å². The van der Waals surface area contributed by atoms with Crippen LogP contribution in [0.3, 0.4) is 0 Å². The van der Waals surface area contributed by atoms with Crippen molar-refractivity contribution in [3.63, 3.8) is 0 Å². The molecule has 2 aliphatic rings. The second-order valence-electron chi connectivity index (χ2n) is 5.37. The van der Waals surface area contributed by atoms with Crippen LogP contribution in [0.25, 0.3) is 0 Å². The maximum absolute atomic E-state index is 12.4. The fourth-order valence-corrected chi connectivity index (χ4v) is 2.90. The Kier molecular flexibility index (Phi) is 4.58. The second kappa shape index (κ2) is 6.18. The summed E-state index contributed by atoms with van der Waals surface area (Å²) in [5.74, 6) is 0.390. The number of amides is 2. The van der Waals surface area contributed by atoms with Crippen molar-refractivity contribution < 1.29 is 9.59 Å². The first kappa shape index (κ1) is 13.3. The van der Waals surface area contributed by atoms with Crippen molar-refractivity contribution >= 4 is 11.8 Å². The Morgan fingerprint density at radius 3 is 2.78 bits per heavy atom. The van der Waals surface area contributed by atoms with Crippen LogP contribution in [0.2, 0.25) is 0 Å². The first-order chi connectivity index (χ1) is 8.66. The molecule has 0 unspecified atom stereocenters. The van der Waals surface area contributed by atoms with Gasteiger partial charge in [-0.2, -0.15) is 0 Å². The SMILES string of the molecule is CC(=O)N[C@@H]1CCCN(C(=O)[C@@H]2CCCNC2)C1. The van der Waals surface area contributed by atoms with E-state index in [0.717, 1.165) is 45.3 Å². The third kappa shape index (κ3) is 3.45. The van der Waals surface area contributed by atoms with Crippen LogP contribution in [0.15, 0.2) is 0 Å². The molecule has 0 aromatic rings. The van der Waals surface area contributed by atoms with Crippen LogP contribution in [-0.4, -0.2) is 48.9 Å². The molecule has 0 aliphatic carbocycles. The Balaban J connectivity index is 1.87. The smallest absolute Gasteiger partial charge is 0.227 e. The molecule has 0 aromatic carbocycles. The first-order valence-electron chi connectivity index (χ1n) is 6.93. The van der Waals surface area contributed by atoms with Gasteiger partial charge in [0, 0.05) is 32.6 Å². The molecule has 2 heterocycles. The first-order valence-corrected chi connectivity index (χ1v) is 6.93. The topological polar surface area (TPSA) is 61.4 Å². The molecule has 18 heavy (non-hydrogen) atoms. The van der Waals surface area contributed by atoms with Crippen molar-refractivity contribution in [1.82, 2.24) is 15.5 Å². The summed E-state index contributed by atoms with van der Waals surface area (Å²) in [6, 6.07) is 0.136. The molecule has 0 saturated carbocycles. The summed E-state index contributed by atoms with van der Waals surface area (Å²) in [5.41, 5.74) is 0. The number of nitrogens with zero attached hydrogens (tertiary/aromatic N) is 1. The maximum atomic E-state index is 12.4. The lowest BCUT2D eigenvalue weighted by molar-refractivity contribution is -0.138. The van der Waals surface area contributed by atoms with E-state index in [1.54, 1.807) is 0 Å². The van der Waals surface area contributed by atoms with Gasteiger partial charge in [-0.3, -0.25) is 9.59 Å². The molecule has 0 radical (unpaired) electrons. The zero-order valence-corrected chi connectivity index (χ0v) is 11.1. The van der Waals surface area contributed by atoms with Crippen molar-refractivity contribution in [2.45, 2.75) is 38.6 Å². The van der Waals surface area contributed by atoms with Crippen LogP contribution in [0.1, 0.15) is 32.6 Å². The fourth-order valence-electron chi connectivity index (χ4n) is 2.90. The summed E-state index contributed by atoms with van der Waals surface area (Å²) in [4.78, 5) is 25.4. The average molecular weight is 253 g/mol. The van der Waals surface area contributed by atoms with Gasteiger partial charge in [0.2, 0.25) is 11.8 Å². The Bertz CT molecular complexity index is 313. The highest BCUT2D eigenvalue weighted by Gasteiger charge is 2.29. The normalized spacial score (nSPS) is 28.8. The predicted octanol–water partition coefficient (Wildman–Crippen LogP) is 0.113. The van der Waals surface area contributed by atoms with E-state index in [-0.39, 0.29) is 23.8 Å². The monoisotopic (exact) mass is 253 g/mol. The van der Waals surface area contributed by atoms with Crippen LogP contribution in [0.4, 0.5) is 0 Å². The molecule has 102 valence electrons. The number of hydrogen-bond acceptors (Lipinski definition) is 3. The molecule has 2 saturated heterocycles. The Hall–Kier alpha value is -1.10. The molecular weight excluding hydrogens is 230 g/mol. The Labute approximate surface area is 108 Å². The summed E-state index contributed by atoms with van der Waals surface area (Å²) < 4.78 is 0. The van der Waals surface area contributed by atoms with Gasteiger partial charge in [-0.05, 0) is 32.2 Å². The summed E-state index contributed by atoms with van der Waals surface area (Å²) >= 11 is 0. The van der Waals surface area contributed by atoms with Crippen molar-refractivity contribution in [1.29, 1.82) is 0 Å². The van der Waals surface area contributed by atoms with Gasteiger partial charge in [0.1, 0.15) is 0 Å². The predicted molar refractivity (Wildman–Crippen MR) is 69.0 cm³/mol. The van der Waals surface area contributed by atoms with E-state index in [0.29, 0.717) is 6.54 Å².